The van der Waals surface area contributed by atoms with Crippen molar-refractivity contribution in [3.63, 3.8) is 0 Å². The summed E-state index contributed by atoms with van der Waals surface area (Å²) < 4.78 is 7.10. The van der Waals surface area contributed by atoms with E-state index in [-0.39, 0.29) is 0 Å². The molecule has 3 nitrogen and oxygen atoms in total. The third-order valence-electron chi connectivity index (χ3n) is 2.52. The van der Waals surface area contributed by atoms with E-state index in [9.17, 15) is 0 Å². The Hall–Kier alpha value is -0.830. The van der Waals surface area contributed by atoms with Crippen molar-refractivity contribution in [1.82, 2.24) is 9.78 Å². The fourth-order valence-electron chi connectivity index (χ4n) is 1.52. The van der Waals surface area contributed by atoms with Gasteiger partial charge in [-0.15, -0.1) is 0 Å². The Kier molecular flexibility index (Phi) is 3.57. The van der Waals surface area contributed by atoms with Gasteiger partial charge >= 0.3 is 0 Å². The highest BCUT2D eigenvalue weighted by molar-refractivity contribution is 4.87. The monoisotopic (exact) mass is 194 g/mol. The molecule has 1 saturated heterocycles. The van der Waals surface area contributed by atoms with Crippen LogP contribution in [0.5, 0.6) is 0 Å². The Morgan fingerprint density at radius 2 is 1.93 bits per heavy atom. The van der Waals surface area contributed by atoms with Crippen molar-refractivity contribution in [3.05, 3.63) is 18.5 Å². The van der Waals surface area contributed by atoms with Crippen molar-refractivity contribution in [2.24, 2.45) is 0 Å². The lowest BCUT2D eigenvalue weighted by atomic mass is 10.2. The average molecular weight is 194 g/mol. The molecule has 3 rings (SSSR count). The van der Waals surface area contributed by atoms with Gasteiger partial charge in [0.1, 0.15) is 0 Å². The number of nitrogens with zero attached hydrogens (tertiary/aromatic N) is 2. The van der Waals surface area contributed by atoms with Gasteiger partial charge in [-0.05, 0) is 38.2 Å². The minimum atomic E-state index is 0.741. The second-order valence-corrected chi connectivity index (χ2v) is 3.89. The van der Waals surface area contributed by atoms with Crippen LogP contribution in [0.2, 0.25) is 0 Å². The lowest BCUT2D eigenvalue weighted by molar-refractivity contribution is 0.0968. The molecule has 1 saturated carbocycles. The van der Waals surface area contributed by atoms with Crippen molar-refractivity contribution in [2.75, 3.05) is 13.2 Å². The summed E-state index contributed by atoms with van der Waals surface area (Å²) in [6.45, 7) is 2.00. The fourth-order valence-corrected chi connectivity index (χ4v) is 1.52. The molecule has 1 aliphatic carbocycles. The topological polar surface area (TPSA) is 27.1 Å². The molecule has 3 heteroatoms. The molecule has 2 fully saturated rings. The summed E-state index contributed by atoms with van der Waals surface area (Å²) in [5, 5.41) is 4.09. The standard InChI is InChI=1S/C6H8N2.C5H10O/c1-4-7-8(5-1)6-2-3-6;1-2-4-6-5-3-1/h1,4-6H,2-3H2;1-5H2. The highest BCUT2D eigenvalue weighted by Gasteiger charge is 2.22. The zero-order valence-corrected chi connectivity index (χ0v) is 8.56. The Morgan fingerprint density at radius 3 is 2.29 bits per heavy atom. The van der Waals surface area contributed by atoms with E-state index in [1.807, 2.05) is 23.1 Å². The first kappa shape index (κ1) is 9.71. The summed E-state index contributed by atoms with van der Waals surface area (Å²) in [4.78, 5) is 0. The minimum Gasteiger partial charge on any atom is -0.381 e. The third kappa shape index (κ3) is 3.14. The molecular formula is C11H18N2O. The van der Waals surface area contributed by atoms with Gasteiger partial charge in [-0.25, -0.2) is 0 Å². The second kappa shape index (κ2) is 5.15. The summed E-state index contributed by atoms with van der Waals surface area (Å²) >= 11 is 0. The van der Waals surface area contributed by atoms with Crippen molar-refractivity contribution in [3.8, 4) is 0 Å². The number of ether oxygens (including phenoxy) is 1. The van der Waals surface area contributed by atoms with Crippen molar-refractivity contribution in [1.29, 1.82) is 0 Å². The SMILES string of the molecule is C1CCOCC1.c1cnn(C2CC2)c1. The van der Waals surface area contributed by atoms with Crippen LogP contribution in [0.1, 0.15) is 38.1 Å². The first-order valence-corrected chi connectivity index (χ1v) is 5.54. The predicted octanol–water partition coefficient (Wildman–Crippen LogP) is 2.40. The highest BCUT2D eigenvalue weighted by Crippen LogP contribution is 2.33. The Morgan fingerprint density at radius 1 is 1.14 bits per heavy atom. The maximum absolute atomic E-state index is 5.07. The van der Waals surface area contributed by atoms with Crippen LogP contribution in [0.4, 0.5) is 0 Å². The zero-order chi connectivity index (χ0) is 9.64. The molecule has 1 aliphatic heterocycles. The number of hydrogen-bond donors (Lipinski definition) is 0. The first-order valence-electron chi connectivity index (χ1n) is 5.54. The molecule has 0 aromatic carbocycles. The molecule has 1 aromatic rings. The Bertz CT molecular complexity index is 226. The summed E-state index contributed by atoms with van der Waals surface area (Å²) in [5.41, 5.74) is 0. The van der Waals surface area contributed by atoms with Crippen LogP contribution in [-0.4, -0.2) is 23.0 Å². The van der Waals surface area contributed by atoms with Crippen molar-refractivity contribution >= 4 is 0 Å². The summed E-state index contributed by atoms with van der Waals surface area (Å²) in [7, 11) is 0. The van der Waals surface area contributed by atoms with Crippen LogP contribution in [0.15, 0.2) is 18.5 Å². The summed E-state index contributed by atoms with van der Waals surface area (Å²) in [6, 6.07) is 2.71. The molecule has 0 N–H and O–H groups in total. The highest BCUT2D eigenvalue weighted by atomic mass is 16.5. The minimum absolute atomic E-state index is 0.741. The summed E-state index contributed by atoms with van der Waals surface area (Å²) in [6.07, 6.45) is 10.4. The van der Waals surface area contributed by atoms with Crippen LogP contribution in [0, 0.1) is 0 Å². The normalized spacial score (nSPS) is 21.1. The molecule has 0 spiro atoms. The van der Waals surface area contributed by atoms with Gasteiger partial charge in [0.05, 0.1) is 6.04 Å². The van der Waals surface area contributed by atoms with Gasteiger partial charge < -0.3 is 4.74 Å². The van der Waals surface area contributed by atoms with Gasteiger partial charge in [0, 0.05) is 25.6 Å². The maximum atomic E-state index is 5.07. The second-order valence-electron chi connectivity index (χ2n) is 3.89. The van der Waals surface area contributed by atoms with Crippen LogP contribution in [0.3, 0.4) is 0 Å². The van der Waals surface area contributed by atoms with Crippen LogP contribution in [-0.2, 0) is 4.74 Å². The Balaban J connectivity index is 0.000000112. The van der Waals surface area contributed by atoms with Gasteiger partial charge in [0.2, 0.25) is 0 Å². The molecule has 0 amide bonds. The Labute approximate surface area is 85.1 Å². The smallest absolute Gasteiger partial charge is 0.0520 e. The van der Waals surface area contributed by atoms with E-state index in [2.05, 4.69) is 5.10 Å². The lowest BCUT2D eigenvalue weighted by Gasteiger charge is -2.08. The van der Waals surface area contributed by atoms with Gasteiger partial charge in [0.15, 0.2) is 0 Å². The van der Waals surface area contributed by atoms with Gasteiger partial charge in [0.25, 0.3) is 0 Å². The predicted molar refractivity (Wildman–Crippen MR) is 55.2 cm³/mol. The molecule has 78 valence electrons. The number of aromatic nitrogens is 2. The molecule has 2 aliphatic rings. The molecule has 0 unspecified atom stereocenters. The molecule has 0 radical (unpaired) electrons. The molecule has 1 aromatic heterocycles. The van der Waals surface area contributed by atoms with Gasteiger partial charge in [-0.1, -0.05) is 0 Å². The molecule has 14 heavy (non-hydrogen) atoms. The zero-order valence-electron chi connectivity index (χ0n) is 8.56. The van der Waals surface area contributed by atoms with E-state index in [0.29, 0.717) is 0 Å². The van der Waals surface area contributed by atoms with E-state index in [1.165, 1.54) is 32.1 Å². The average Bonchev–Trinajstić information content (AvgIpc) is 2.98. The van der Waals surface area contributed by atoms with E-state index >= 15 is 0 Å². The van der Waals surface area contributed by atoms with Crippen molar-refractivity contribution in [2.45, 2.75) is 38.1 Å². The largest absolute Gasteiger partial charge is 0.381 e. The summed E-state index contributed by atoms with van der Waals surface area (Å²) in [5.74, 6) is 0. The maximum Gasteiger partial charge on any atom is 0.0520 e. The van der Waals surface area contributed by atoms with Crippen LogP contribution in [0.25, 0.3) is 0 Å². The fraction of sp³-hybridized carbons (Fsp3) is 0.727. The third-order valence-corrected chi connectivity index (χ3v) is 2.52. The van der Waals surface area contributed by atoms with Gasteiger partial charge in [-0.3, -0.25) is 4.68 Å². The molecule has 2 heterocycles. The van der Waals surface area contributed by atoms with E-state index in [1.54, 1.807) is 0 Å². The number of rotatable bonds is 1. The van der Waals surface area contributed by atoms with Crippen molar-refractivity contribution < 1.29 is 4.74 Å². The molecular weight excluding hydrogens is 176 g/mol. The quantitative estimate of drug-likeness (QED) is 0.686. The van der Waals surface area contributed by atoms with Gasteiger partial charge in [-0.2, -0.15) is 5.10 Å². The van der Waals surface area contributed by atoms with E-state index in [4.69, 9.17) is 4.74 Å². The first-order chi connectivity index (χ1) is 6.97. The molecule has 0 atom stereocenters. The van der Waals surface area contributed by atoms with E-state index < -0.39 is 0 Å². The number of hydrogen-bond acceptors (Lipinski definition) is 2. The lowest BCUT2D eigenvalue weighted by Crippen LogP contribution is -2.03. The van der Waals surface area contributed by atoms with E-state index in [0.717, 1.165) is 19.3 Å². The molecule has 0 bridgehead atoms. The van der Waals surface area contributed by atoms with Crippen LogP contribution >= 0.6 is 0 Å². The van der Waals surface area contributed by atoms with Crippen LogP contribution < -0.4 is 0 Å².